The summed E-state index contributed by atoms with van der Waals surface area (Å²) < 4.78 is 5.19. The second-order valence-electron chi connectivity index (χ2n) is 7.21. The van der Waals surface area contributed by atoms with E-state index in [0.29, 0.717) is 6.61 Å². The van der Waals surface area contributed by atoms with E-state index >= 15 is 0 Å². The molecule has 0 aliphatic rings. The predicted molar refractivity (Wildman–Crippen MR) is 107 cm³/mol. The highest BCUT2D eigenvalue weighted by Crippen LogP contribution is 2.13. The van der Waals surface area contributed by atoms with Gasteiger partial charge in [-0.2, -0.15) is 0 Å². The van der Waals surface area contributed by atoms with Crippen LogP contribution in [0.25, 0.3) is 0 Å². The molecule has 1 rings (SSSR count). The first kappa shape index (κ1) is 23.2. The first-order valence-corrected chi connectivity index (χ1v) is 10.6. The van der Waals surface area contributed by atoms with Gasteiger partial charge in [-0.1, -0.05) is 102 Å². The SMILES string of the molecule is CCCCCCCCCCCCCCCOC(=O)c1ccccc1C(=O)[O-]. The maximum absolute atomic E-state index is 12.0. The summed E-state index contributed by atoms with van der Waals surface area (Å²) in [4.78, 5) is 23.0. The zero-order valence-electron chi connectivity index (χ0n) is 16.8. The van der Waals surface area contributed by atoms with Crippen molar-refractivity contribution in [1.29, 1.82) is 0 Å². The van der Waals surface area contributed by atoms with Crippen LogP contribution < -0.4 is 5.11 Å². The molecule has 0 atom stereocenters. The van der Waals surface area contributed by atoms with Gasteiger partial charge in [-0.3, -0.25) is 0 Å². The number of carbonyl (C=O) groups excluding carboxylic acids is 2. The number of rotatable bonds is 16. The summed E-state index contributed by atoms with van der Waals surface area (Å²) in [5.41, 5.74) is -0.0555. The highest BCUT2D eigenvalue weighted by molar-refractivity contribution is 6.01. The summed E-state index contributed by atoms with van der Waals surface area (Å²) in [5.74, 6) is -1.95. The van der Waals surface area contributed by atoms with Crippen LogP contribution in [0.15, 0.2) is 24.3 Å². The number of hydrogen-bond acceptors (Lipinski definition) is 4. The Bertz CT molecular complexity index is 539. The minimum atomic E-state index is -1.36. The van der Waals surface area contributed by atoms with E-state index in [1.54, 1.807) is 12.1 Å². The normalized spacial score (nSPS) is 10.7. The summed E-state index contributed by atoms with van der Waals surface area (Å²) in [5, 5.41) is 11.0. The summed E-state index contributed by atoms with van der Waals surface area (Å²) in [7, 11) is 0. The molecule has 0 fully saturated rings. The van der Waals surface area contributed by atoms with E-state index in [1.165, 1.54) is 76.3 Å². The third-order valence-corrected chi connectivity index (χ3v) is 4.85. The van der Waals surface area contributed by atoms with Crippen LogP contribution in [0.5, 0.6) is 0 Å². The van der Waals surface area contributed by atoms with Gasteiger partial charge in [0.1, 0.15) is 0 Å². The molecule has 0 aliphatic carbocycles. The molecule has 0 aliphatic heterocycles. The number of benzene rings is 1. The third kappa shape index (κ3) is 10.8. The van der Waals surface area contributed by atoms with Gasteiger partial charge in [-0.05, 0) is 12.5 Å². The van der Waals surface area contributed by atoms with Gasteiger partial charge in [0.15, 0.2) is 0 Å². The molecular formula is C23H35O4-. The van der Waals surface area contributed by atoms with Crippen molar-refractivity contribution in [1.82, 2.24) is 0 Å². The van der Waals surface area contributed by atoms with Gasteiger partial charge < -0.3 is 14.6 Å². The lowest BCUT2D eigenvalue weighted by Gasteiger charge is -2.10. The molecule has 152 valence electrons. The minimum Gasteiger partial charge on any atom is -0.545 e. The molecule has 0 spiro atoms. The Morgan fingerprint density at radius 1 is 0.741 bits per heavy atom. The van der Waals surface area contributed by atoms with Crippen molar-refractivity contribution in [3.05, 3.63) is 35.4 Å². The molecule has 0 saturated heterocycles. The molecule has 0 amide bonds. The largest absolute Gasteiger partial charge is 0.545 e. The smallest absolute Gasteiger partial charge is 0.338 e. The zero-order valence-corrected chi connectivity index (χ0v) is 16.8. The Kier molecular flexibility index (Phi) is 13.1. The van der Waals surface area contributed by atoms with E-state index in [9.17, 15) is 14.7 Å². The number of carboxylic acids is 1. The van der Waals surface area contributed by atoms with Crippen LogP contribution in [0.1, 0.15) is 111 Å². The van der Waals surface area contributed by atoms with Crippen molar-refractivity contribution in [3.8, 4) is 0 Å². The van der Waals surface area contributed by atoms with Gasteiger partial charge in [0.2, 0.25) is 0 Å². The first-order valence-electron chi connectivity index (χ1n) is 10.6. The quantitative estimate of drug-likeness (QED) is 0.290. The van der Waals surface area contributed by atoms with Crippen LogP contribution in [0, 0.1) is 0 Å². The van der Waals surface area contributed by atoms with Crippen molar-refractivity contribution in [3.63, 3.8) is 0 Å². The van der Waals surface area contributed by atoms with Crippen LogP contribution in [0.4, 0.5) is 0 Å². The van der Waals surface area contributed by atoms with Crippen LogP contribution in [0.3, 0.4) is 0 Å². The number of aromatic carboxylic acids is 1. The van der Waals surface area contributed by atoms with E-state index in [2.05, 4.69) is 6.92 Å². The molecule has 0 bridgehead atoms. The topological polar surface area (TPSA) is 66.4 Å². The molecular weight excluding hydrogens is 340 g/mol. The molecule has 0 unspecified atom stereocenters. The standard InChI is InChI=1S/C23H36O4/c1-2-3-4-5-6-7-8-9-10-11-12-13-16-19-27-23(26)21-18-15-14-17-20(21)22(24)25/h14-15,17-18H,2-13,16,19H2,1H3,(H,24,25)/p-1. The summed E-state index contributed by atoms with van der Waals surface area (Å²) in [6.45, 7) is 2.58. The Morgan fingerprint density at radius 3 is 1.67 bits per heavy atom. The van der Waals surface area contributed by atoms with Crippen molar-refractivity contribution < 1.29 is 19.4 Å². The average molecular weight is 376 g/mol. The van der Waals surface area contributed by atoms with Crippen LogP contribution >= 0.6 is 0 Å². The van der Waals surface area contributed by atoms with E-state index in [1.807, 2.05) is 0 Å². The molecule has 0 N–H and O–H groups in total. The Labute approximate surface area is 164 Å². The average Bonchev–Trinajstić information content (AvgIpc) is 2.68. The fourth-order valence-electron chi connectivity index (χ4n) is 3.20. The van der Waals surface area contributed by atoms with E-state index in [0.717, 1.165) is 19.3 Å². The van der Waals surface area contributed by atoms with E-state index < -0.39 is 11.9 Å². The van der Waals surface area contributed by atoms with Gasteiger partial charge in [-0.25, -0.2) is 4.79 Å². The fraction of sp³-hybridized carbons (Fsp3) is 0.652. The second-order valence-corrected chi connectivity index (χ2v) is 7.21. The number of carbonyl (C=O) groups is 2. The molecule has 1 aromatic rings. The lowest BCUT2D eigenvalue weighted by atomic mass is 10.0. The third-order valence-electron chi connectivity index (χ3n) is 4.85. The Hall–Kier alpha value is -1.84. The molecule has 27 heavy (non-hydrogen) atoms. The van der Waals surface area contributed by atoms with Gasteiger partial charge in [0.25, 0.3) is 0 Å². The minimum absolute atomic E-state index is 0.0622. The van der Waals surface area contributed by atoms with Gasteiger partial charge in [0.05, 0.1) is 18.1 Å². The number of carboxylic acid groups (broad SMARTS) is 1. The predicted octanol–water partition coefficient (Wildman–Crippen LogP) is 5.30. The lowest BCUT2D eigenvalue weighted by molar-refractivity contribution is -0.255. The molecule has 4 heteroatoms. The van der Waals surface area contributed by atoms with E-state index in [-0.39, 0.29) is 11.1 Å². The zero-order chi connectivity index (χ0) is 19.7. The van der Waals surface area contributed by atoms with Gasteiger partial charge in [0, 0.05) is 5.56 Å². The second kappa shape index (κ2) is 15.2. The summed E-state index contributed by atoms with van der Waals surface area (Å²) in [6, 6.07) is 6.00. The van der Waals surface area contributed by atoms with Crippen molar-refractivity contribution in [2.75, 3.05) is 6.61 Å². The monoisotopic (exact) mass is 375 g/mol. The highest BCUT2D eigenvalue weighted by atomic mass is 16.5. The highest BCUT2D eigenvalue weighted by Gasteiger charge is 2.12. The van der Waals surface area contributed by atoms with Crippen LogP contribution in [-0.2, 0) is 4.74 Å². The van der Waals surface area contributed by atoms with E-state index in [4.69, 9.17) is 4.74 Å². The number of ether oxygens (including phenoxy) is 1. The van der Waals surface area contributed by atoms with Crippen LogP contribution in [-0.4, -0.2) is 18.5 Å². The lowest BCUT2D eigenvalue weighted by Crippen LogP contribution is -2.25. The van der Waals surface area contributed by atoms with Crippen molar-refractivity contribution in [2.24, 2.45) is 0 Å². The molecule has 0 radical (unpaired) electrons. The molecule has 0 heterocycles. The molecule has 1 aromatic carbocycles. The number of unbranched alkanes of at least 4 members (excludes halogenated alkanes) is 12. The van der Waals surface area contributed by atoms with Crippen LogP contribution in [0.2, 0.25) is 0 Å². The van der Waals surface area contributed by atoms with Gasteiger partial charge >= 0.3 is 5.97 Å². The molecule has 4 nitrogen and oxygen atoms in total. The first-order chi connectivity index (χ1) is 13.2. The van der Waals surface area contributed by atoms with Crippen molar-refractivity contribution in [2.45, 2.75) is 90.4 Å². The number of esters is 1. The summed E-state index contributed by atoms with van der Waals surface area (Å²) in [6.07, 6.45) is 16.4. The Morgan fingerprint density at radius 2 is 1.19 bits per heavy atom. The maximum Gasteiger partial charge on any atom is 0.338 e. The molecule has 0 saturated carbocycles. The molecule has 0 aromatic heterocycles. The fourth-order valence-corrected chi connectivity index (χ4v) is 3.20. The Balaban J connectivity index is 1.97. The summed E-state index contributed by atoms with van der Waals surface area (Å²) >= 11 is 0. The number of hydrogen-bond donors (Lipinski definition) is 0. The van der Waals surface area contributed by atoms with Gasteiger partial charge in [-0.15, -0.1) is 0 Å². The van der Waals surface area contributed by atoms with Crippen molar-refractivity contribution >= 4 is 11.9 Å². The maximum atomic E-state index is 12.0.